The fourth-order valence-corrected chi connectivity index (χ4v) is 8.67. The number of rotatable bonds is 7. The molecule has 0 spiro atoms. The Morgan fingerprint density at radius 2 is 1.91 bits per heavy atom. The number of sulfonamides is 1. The van der Waals surface area contributed by atoms with Crippen LogP contribution in [0.2, 0.25) is 5.02 Å². The van der Waals surface area contributed by atoms with Crippen molar-refractivity contribution in [3.8, 4) is 5.75 Å². The molecule has 1 amide bonds. The molecule has 1 saturated heterocycles. The van der Waals surface area contributed by atoms with Crippen molar-refractivity contribution in [2.75, 3.05) is 26.2 Å². The molecule has 2 aliphatic heterocycles. The molecular formula is C32H32ClN5O4S2. The summed E-state index contributed by atoms with van der Waals surface area (Å²) < 4.78 is 35.3. The van der Waals surface area contributed by atoms with E-state index in [0.717, 1.165) is 38.9 Å². The minimum Gasteiger partial charge on any atom is -0.493 e. The van der Waals surface area contributed by atoms with E-state index in [2.05, 4.69) is 23.3 Å². The third-order valence-corrected chi connectivity index (χ3v) is 11.5. The normalized spacial score (nSPS) is 19.4. The number of hydrogen-bond donors (Lipinski definition) is 2. The molecule has 228 valence electrons. The predicted molar refractivity (Wildman–Crippen MR) is 173 cm³/mol. The van der Waals surface area contributed by atoms with Crippen molar-refractivity contribution in [1.29, 1.82) is 0 Å². The molecule has 44 heavy (non-hydrogen) atoms. The Labute approximate surface area is 264 Å². The van der Waals surface area contributed by atoms with Crippen LogP contribution in [-0.2, 0) is 23.0 Å². The number of nitrogens with one attached hydrogen (secondary N) is 2. The van der Waals surface area contributed by atoms with E-state index in [1.54, 1.807) is 29.2 Å². The van der Waals surface area contributed by atoms with Gasteiger partial charge < -0.3 is 19.9 Å². The van der Waals surface area contributed by atoms with Crippen molar-refractivity contribution >= 4 is 60.5 Å². The number of benzene rings is 3. The number of carbonyl (C=O) groups is 1. The molecule has 9 nitrogen and oxygen atoms in total. The molecule has 2 atom stereocenters. The fraction of sp³-hybridized carbons (Fsp3) is 0.312. The summed E-state index contributed by atoms with van der Waals surface area (Å²) >= 11 is 7.56. The van der Waals surface area contributed by atoms with Crippen LogP contribution in [0.25, 0.3) is 21.7 Å². The quantitative estimate of drug-likeness (QED) is 0.243. The number of nitrogens with zero attached hydrogens (tertiary/aromatic N) is 3. The minimum atomic E-state index is -3.86. The first-order valence-electron chi connectivity index (χ1n) is 14.7. The van der Waals surface area contributed by atoms with Crippen molar-refractivity contribution < 1.29 is 17.9 Å². The monoisotopic (exact) mass is 649 g/mol. The Balaban J connectivity index is 1.13. The van der Waals surface area contributed by atoms with Crippen LogP contribution < -0.4 is 10.1 Å². The van der Waals surface area contributed by atoms with E-state index in [-0.39, 0.29) is 30.6 Å². The van der Waals surface area contributed by atoms with Crippen molar-refractivity contribution in [2.45, 2.75) is 43.4 Å². The zero-order valence-corrected chi connectivity index (χ0v) is 26.5. The first-order valence-corrected chi connectivity index (χ1v) is 17.3. The smallest absolute Gasteiger partial charge is 0.283 e. The number of halogens is 1. The van der Waals surface area contributed by atoms with Crippen LogP contribution in [0.3, 0.4) is 0 Å². The second kappa shape index (κ2) is 11.8. The fourth-order valence-electron chi connectivity index (χ4n) is 6.01. The highest BCUT2D eigenvalue weighted by Gasteiger charge is 2.38. The van der Waals surface area contributed by atoms with Gasteiger partial charge >= 0.3 is 0 Å². The second-order valence-corrected chi connectivity index (χ2v) is 14.8. The molecule has 2 aromatic heterocycles. The van der Waals surface area contributed by atoms with Crippen LogP contribution in [0.5, 0.6) is 5.75 Å². The number of aromatic amines is 1. The summed E-state index contributed by atoms with van der Waals surface area (Å²) in [4.78, 5) is 24.5. The molecule has 4 heterocycles. The van der Waals surface area contributed by atoms with Crippen molar-refractivity contribution in [3.05, 3.63) is 87.3 Å². The third kappa shape index (κ3) is 5.70. The summed E-state index contributed by atoms with van der Waals surface area (Å²) in [6, 6.07) is 20.8. The molecule has 0 saturated carbocycles. The SMILES string of the molecule is CC1Cc2nc(C(=O)N3CCN(S(=O)(=O)c4cc5cc(Cl)ccc5[nH]4)CC3CCOc3ccc4ccccc4c3)sc2CN1. The number of hydrogen-bond acceptors (Lipinski definition) is 7. The Morgan fingerprint density at radius 1 is 1.07 bits per heavy atom. The lowest BCUT2D eigenvalue weighted by atomic mass is 10.1. The Hall–Kier alpha value is -3.48. The van der Waals surface area contributed by atoms with Crippen LogP contribution in [0.1, 0.15) is 33.7 Å². The van der Waals surface area contributed by atoms with E-state index in [1.165, 1.54) is 15.6 Å². The molecule has 2 unspecified atom stereocenters. The van der Waals surface area contributed by atoms with Gasteiger partial charge in [0.2, 0.25) is 0 Å². The molecule has 0 bridgehead atoms. The molecule has 7 rings (SSSR count). The van der Waals surface area contributed by atoms with E-state index >= 15 is 0 Å². The van der Waals surface area contributed by atoms with Gasteiger partial charge in [-0.3, -0.25) is 4.79 Å². The van der Waals surface area contributed by atoms with Gasteiger partial charge in [-0.15, -0.1) is 11.3 Å². The van der Waals surface area contributed by atoms with Crippen molar-refractivity contribution in [1.82, 2.24) is 24.5 Å². The van der Waals surface area contributed by atoms with Gasteiger partial charge in [0, 0.05) is 71.9 Å². The average molecular weight is 650 g/mol. The van der Waals surface area contributed by atoms with Gasteiger partial charge in [-0.25, -0.2) is 13.4 Å². The topological polar surface area (TPSA) is 108 Å². The van der Waals surface area contributed by atoms with Crippen LogP contribution >= 0.6 is 22.9 Å². The second-order valence-electron chi connectivity index (χ2n) is 11.4. The molecule has 0 radical (unpaired) electrons. The number of carbonyl (C=O) groups excluding carboxylic acids is 1. The zero-order chi connectivity index (χ0) is 30.4. The largest absolute Gasteiger partial charge is 0.493 e. The van der Waals surface area contributed by atoms with E-state index in [0.29, 0.717) is 41.2 Å². The standard InChI is InChI=1S/C32H32ClN5O4S2/c1-20-14-28-29(18-34-20)43-31(36-28)32(39)38-12-11-37(44(40,41)30-17-23-15-24(33)7-9-27(23)35-30)19-25(38)10-13-42-26-8-6-21-4-2-3-5-22(21)16-26/h2-9,15-17,20,25,34-35H,10-14,18-19H2,1H3. The lowest BCUT2D eigenvalue weighted by Gasteiger charge is -2.40. The van der Waals surface area contributed by atoms with Gasteiger partial charge in [0.05, 0.1) is 12.3 Å². The molecule has 0 aliphatic carbocycles. The molecule has 1 fully saturated rings. The minimum absolute atomic E-state index is 0.106. The lowest BCUT2D eigenvalue weighted by Crippen LogP contribution is -2.56. The number of amides is 1. The Bertz CT molecular complexity index is 1970. The lowest BCUT2D eigenvalue weighted by molar-refractivity contribution is 0.0526. The van der Waals surface area contributed by atoms with Crippen LogP contribution in [-0.4, -0.2) is 71.8 Å². The highest BCUT2D eigenvalue weighted by molar-refractivity contribution is 7.89. The Morgan fingerprint density at radius 3 is 2.77 bits per heavy atom. The number of ether oxygens (including phenoxy) is 1. The van der Waals surface area contributed by atoms with Crippen molar-refractivity contribution in [3.63, 3.8) is 0 Å². The molecule has 3 aromatic carbocycles. The van der Waals surface area contributed by atoms with E-state index < -0.39 is 16.1 Å². The third-order valence-electron chi connectivity index (χ3n) is 8.39. The van der Waals surface area contributed by atoms with Gasteiger partial charge in [-0.05, 0) is 54.1 Å². The highest BCUT2D eigenvalue weighted by atomic mass is 35.5. The molecule has 5 aromatic rings. The predicted octanol–water partition coefficient (Wildman–Crippen LogP) is 5.45. The summed E-state index contributed by atoms with van der Waals surface area (Å²) in [5.41, 5.74) is 1.67. The van der Waals surface area contributed by atoms with Gasteiger partial charge in [0.1, 0.15) is 10.8 Å². The van der Waals surface area contributed by atoms with Gasteiger partial charge in [0.15, 0.2) is 5.01 Å². The molecular weight excluding hydrogens is 618 g/mol. The average Bonchev–Trinajstić information content (AvgIpc) is 3.65. The zero-order valence-electron chi connectivity index (χ0n) is 24.1. The van der Waals surface area contributed by atoms with E-state index in [1.807, 2.05) is 36.4 Å². The maximum Gasteiger partial charge on any atom is 0.283 e. The Kier molecular flexibility index (Phi) is 7.84. The van der Waals surface area contributed by atoms with Gasteiger partial charge in [-0.2, -0.15) is 4.31 Å². The summed E-state index contributed by atoms with van der Waals surface area (Å²) in [5, 5.41) is 7.45. The number of H-pyrrole nitrogens is 1. The summed E-state index contributed by atoms with van der Waals surface area (Å²) in [6.45, 7) is 3.71. The number of fused-ring (bicyclic) bond motifs is 3. The number of thiazole rings is 1. The number of aromatic nitrogens is 2. The van der Waals surface area contributed by atoms with Gasteiger partial charge in [-0.1, -0.05) is 41.9 Å². The maximum atomic E-state index is 13.9. The highest BCUT2D eigenvalue weighted by Crippen LogP contribution is 2.29. The van der Waals surface area contributed by atoms with E-state index in [9.17, 15) is 13.2 Å². The van der Waals surface area contributed by atoms with Crippen molar-refractivity contribution in [2.24, 2.45) is 0 Å². The van der Waals surface area contributed by atoms with Crippen LogP contribution in [0.15, 0.2) is 71.8 Å². The summed E-state index contributed by atoms with van der Waals surface area (Å²) in [5.74, 6) is 0.567. The first-order chi connectivity index (χ1) is 21.2. The van der Waals surface area contributed by atoms with Crippen LogP contribution in [0, 0.1) is 0 Å². The summed E-state index contributed by atoms with van der Waals surface area (Å²) in [7, 11) is -3.86. The summed E-state index contributed by atoms with van der Waals surface area (Å²) in [6.07, 6.45) is 1.24. The maximum absolute atomic E-state index is 13.9. The van der Waals surface area contributed by atoms with Crippen LogP contribution in [0.4, 0.5) is 0 Å². The molecule has 2 aliphatic rings. The molecule has 2 N–H and O–H groups in total. The number of piperazine rings is 1. The molecule has 12 heteroatoms. The van der Waals surface area contributed by atoms with E-state index in [4.69, 9.17) is 21.3 Å². The first kappa shape index (κ1) is 29.2. The van der Waals surface area contributed by atoms with Gasteiger partial charge in [0.25, 0.3) is 15.9 Å².